The van der Waals surface area contributed by atoms with E-state index in [2.05, 4.69) is 9.44 Å². The number of sulfonamides is 3. The number of aromatic hydroxyl groups is 1. The molecule has 0 saturated heterocycles. The van der Waals surface area contributed by atoms with Crippen LogP contribution in [0.1, 0.15) is 0 Å². The number of phenols is 1. The Labute approximate surface area is 151 Å². The third-order valence-electron chi connectivity index (χ3n) is 3.66. The molecule has 0 aromatic heterocycles. The second kappa shape index (κ2) is 6.75. The maximum absolute atomic E-state index is 12.3. The summed E-state index contributed by atoms with van der Waals surface area (Å²) in [5.74, 6) is -0.626. The summed E-state index contributed by atoms with van der Waals surface area (Å²) < 4.78 is 79.0. The molecular formula is C13H17N3O7S3. The predicted molar refractivity (Wildman–Crippen MR) is 94.3 cm³/mol. The summed E-state index contributed by atoms with van der Waals surface area (Å²) >= 11 is 0. The molecule has 2 aromatic carbocycles. The minimum atomic E-state index is -4.16. The fraction of sp³-hybridized carbons (Fsp3) is 0.231. The van der Waals surface area contributed by atoms with Gasteiger partial charge in [-0.15, -0.1) is 0 Å². The van der Waals surface area contributed by atoms with Gasteiger partial charge in [0, 0.05) is 11.5 Å². The van der Waals surface area contributed by atoms with E-state index < -0.39 is 45.6 Å². The summed E-state index contributed by atoms with van der Waals surface area (Å²) in [6.45, 7) is 0. The highest BCUT2D eigenvalue weighted by molar-refractivity contribution is 7.90. The van der Waals surface area contributed by atoms with Gasteiger partial charge in [0.2, 0.25) is 30.1 Å². The molecule has 2 aromatic rings. The van der Waals surface area contributed by atoms with Crippen LogP contribution in [0, 0.1) is 0 Å². The Morgan fingerprint density at radius 2 is 1.12 bits per heavy atom. The third kappa shape index (κ3) is 3.54. The van der Waals surface area contributed by atoms with Gasteiger partial charge in [0.05, 0.1) is 14.7 Å². The van der Waals surface area contributed by atoms with E-state index in [9.17, 15) is 30.4 Å². The van der Waals surface area contributed by atoms with Crippen molar-refractivity contribution < 1.29 is 30.4 Å². The molecule has 26 heavy (non-hydrogen) atoms. The van der Waals surface area contributed by atoms with Gasteiger partial charge in [0.1, 0.15) is 5.75 Å². The topological polar surface area (TPSA) is 159 Å². The van der Waals surface area contributed by atoms with Crippen LogP contribution in [0.15, 0.2) is 39.0 Å². The fourth-order valence-electron chi connectivity index (χ4n) is 2.27. The number of benzene rings is 2. The molecular weight excluding hydrogens is 406 g/mol. The molecule has 4 N–H and O–H groups in total. The molecule has 0 aliphatic heterocycles. The smallest absolute Gasteiger partial charge is 0.241 e. The Morgan fingerprint density at radius 1 is 0.692 bits per heavy atom. The van der Waals surface area contributed by atoms with Gasteiger partial charge in [-0.1, -0.05) is 0 Å². The van der Waals surface area contributed by atoms with Gasteiger partial charge in [0.25, 0.3) is 0 Å². The van der Waals surface area contributed by atoms with Gasteiger partial charge in [-0.25, -0.2) is 39.4 Å². The second-order valence-corrected chi connectivity index (χ2v) is 10.7. The lowest BCUT2D eigenvalue weighted by atomic mass is 10.1. The molecule has 0 radical (unpaired) electrons. The SMILES string of the molecule is CNS(=O)(=O)c1cc(O)c2c(S(=O)(=O)NC)cc(S(=O)(=O)NC)cc2c1. The molecule has 0 spiro atoms. The van der Waals surface area contributed by atoms with Crippen LogP contribution >= 0.6 is 0 Å². The van der Waals surface area contributed by atoms with Crippen molar-refractivity contribution in [3.8, 4) is 5.75 Å². The Bertz CT molecular complexity index is 1180. The Hall–Kier alpha value is -1.77. The zero-order valence-electron chi connectivity index (χ0n) is 13.9. The highest BCUT2D eigenvalue weighted by Crippen LogP contribution is 2.35. The molecule has 144 valence electrons. The average Bonchev–Trinajstić information content (AvgIpc) is 2.60. The van der Waals surface area contributed by atoms with Crippen molar-refractivity contribution in [2.24, 2.45) is 0 Å². The van der Waals surface area contributed by atoms with E-state index in [1.165, 1.54) is 0 Å². The number of rotatable bonds is 6. The number of nitrogens with one attached hydrogen (secondary N) is 3. The summed E-state index contributed by atoms with van der Waals surface area (Å²) in [6.07, 6.45) is 0. The molecule has 0 unspecified atom stereocenters. The molecule has 0 aliphatic rings. The second-order valence-electron chi connectivity index (χ2n) is 5.08. The molecule has 13 heteroatoms. The summed E-state index contributed by atoms with van der Waals surface area (Å²) in [5, 5.41) is 9.97. The van der Waals surface area contributed by atoms with Crippen molar-refractivity contribution in [3.63, 3.8) is 0 Å². The summed E-state index contributed by atoms with van der Waals surface area (Å²) in [6, 6.07) is 3.91. The molecule has 0 bridgehead atoms. The zero-order chi connectivity index (χ0) is 19.9. The molecule has 10 nitrogen and oxygen atoms in total. The molecule has 0 fully saturated rings. The van der Waals surface area contributed by atoms with Gasteiger partial charge in [0.15, 0.2) is 0 Å². The lowest BCUT2D eigenvalue weighted by Crippen LogP contribution is -2.22. The van der Waals surface area contributed by atoms with Crippen LogP contribution in [0.2, 0.25) is 0 Å². The average molecular weight is 423 g/mol. The molecule has 0 amide bonds. The van der Waals surface area contributed by atoms with Crippen molar-refractivity contribution >= 4 is 40.8 Å². The Morgan fingerprint density at radius 3 is 1.54 bits per heavy atom. The Kier molecular flexibility index (Phi) is 5.34. The van der Waals surface area contributed by atoms with E-state index in [4.69, 9.17) is 0 Å². The van der Waals surface area contributed by atoms with E-state index in [1.807, 2.05) is 4.72 Å². The van der Waals surface area contributed by atoms with Crippen LogP contribution in [0.5, 0.6) is 5.75 Å². The summed E-state index contributed by atoms with van der Waals surface area (Å²) in [7, 11) is -8.73. The van der Waals surface area contributed by atoms with Crippen molar-refractivity contribution in [1.29, 1.82) is 0 Å². The monoisotopic (exact) mass is 423 g/mol. The number of phenolic OH excluding ortho intramolecular Hbond substituents is 1. The molecule has 2 rings (SSSR count). The molecule has 0 saturated carbocycles. The highest BCUT2D eigenvalue weighted by Gasteiger charge is 2.25. The van der Waals surface area contributed by atoms with Gasteiger partial charge < -0.3 is 5.11 Å². The summed E-state index contributed by atoms with van der Waals surface area (Å²) in [4.78, 5) is -1.26. The van der Waals surface area contributed by atoms with E-state index >= 15 is 0 Å². The number of fused-ring (bicyclic) bond motifs is 1. The first-order chi connectivity index (χ1) is 11.9. The number of hydrogen-bond donors (Lipinski definition) is 4. The van der Waals surface area contributed by atoms with Crippen molar-refractivity contribution in [2.45, 2.75) is 14.7 Å². The first-order valence-corrected chi connectivity index (χ1v) is 11.5. The first kappa shape index (κ1) is 20.5. The van der Waals surface area contributed by atoms with Crippen LogP contribution in [0.25, 0.3) is 10.8 Å². The normalized spacial score (nSPS) is 13.2. The standard InChI is InChI=1S/C13H17N3O7S3/c1-14-24(18,19)9-4-8-5-10(25(20,21)15-2)7-12(26(22,23)16-3)13(8)11(17)6-9/h4-7,14-17H,1-3H3. The Balaban J connectivity index is 3.07. The lowest BCUT2D eigenvalue weighted by Gasteiger charge is -2.13. The summed E-state index contributed by atoms with van der Waals surface area (Å²) in [5.41, 5.74) is 0. The molecule has 0 atom stereocenters. The van der Waals surface area contributed by atoms with E-state index in [-0.39, 0.29) is 15.7 Å². The maximum Gasteiger partial charge on any atom is 0.241 e. The van der Waals surface area contributed by atoms with E-state index in [0.717, 1.165) is 45.4 Å². The van der Waals surface area contributed by atoms with Gasteiger partial charge in [-0.3, -0.25) is 0 Å². The van der Waals surface area contributed by atoms with Crippen LogP contribution in [0.4, 0.5) is 0 Å². The van der Waals surface area contributed by atoms with Crippen LogP contribution in [-0.2, 0) is 30.1 Å². The third-order valence-corrected chi connectivity index (χ3v) is 7.88. The fourth-order valence-corrected chi connectivity index (χ4v) is 4.91. The minimum Gasteiger partial charge on any atom is -0.507 e. The van der Waals surface area contributed by atoms with Gasteiger partial charge >= 0.3 is 0 Å². The molecule has 0 heterocycles. The zero-order valence-corrected chi connectivity index (χ0v) is 16.4. The lowest BCUT2D eigenvalue weighted by molar-refractivity contribution is 0.478. The largest absolute Gasteiger partial charge is 0.507 e. The predicted octanol–water partition coefficient (Wildman–Crippen LogP) is -0.730. The van der Waals surface area contributed by atoms with Gasteiger partial charge in [-0.05, 0) is 44.7 Å². The quantitative estimate of drug-likeness (QED) is 0.477. The molecule has 0 aliphatic carbocycles. The van der Waals surface area contributed by atoms with E-state index in [1.54, 1.807) is 0 Å². The van der Waals surface area contributed by atoms with Crippen molar-refractivity contribution in [2.75, 3.05) is 21.1 Å². The van der Waals surface area contributed by atoms with E-state index in [0.29, 0.717) is 0 Å². The maximum atomic E-state index is 12.3. The number of hydrogen-bond acceptors (Lipinski definition) is 7. The highest BCUT2D eigenvalue weighted by atomic mass is 32.2. The van der Waals surface area contributed by atoms with Crippen molar-refractivity contribution in [1.82, 2.24) is 14.2 Å². The van der Waals surface area contributed by atoms with Crippen molar-refractivity contribution in [3.05, 3.63) is 24.3 Å². The minimum absolute atomic E-state index is 0.0797. The van der Waals surface area contributed by atoms with Crippen LogP contribution < -0.4 is 14.2 Å². The van der Waals surface area contributed by atoms with Crippen LogP contribution in [-0.4, -0.2) is 51.5 Å². The first-order valence-electron chi connectivity index (χ1n) is 7.01. The van der Waals surface area contributed by atoms with Crippen LogP contribution in [0.3, 0.4) is 0 Å². The van der Waals surface area contributed by atoms with Gasteiger partial charge in [-0.2, -0.15) is 0 Å².